The summed E-state index contributed by atoms with van der Waals surface area (Å²) in [6.45, 7) is 7.72. The normalized spacial score (nSPS) is 15.4. The molecule has 0 bridgehead atoms. The van der Waals surface area contributed by atoms with Crippen LogP contribution in [0.2, 0.25) is 0 Å². The van der Waals surface area contributed by atoms with E-state index in [0.29, 0.717) is 6.08 Å². The number of hydrogen-bond acceptors (Lipinski definition) is 6. The highest BCUT2D eigenvalue weighted by Crippen LogP contribution is 2.57. The van der Waals surface area contributed by atoms with Gasteiger partial charge in [-0.05, 0) is 53.4 Å². The van der Waals surface area contributed by atoms with Gasteiger partial charge in [0.15, 0.2) is 0 Å². The molecule has 0 unspecified atom stereocenters. The minimum Gasteiger partial charge on any atom is -0.462 e. The molecular formula is C27H40F12O6. The van der Waals surface area contributed by atoms with Crippen LogP contribution in [-0.2, 0) is 19.0 Å². The van der Waals surface area contributed by atoms with Gasteiger partial charge in [-0.25, -0.2) is 4.79 Å². The first-order valence-corrected chi connectivity index (χ1v) is 13.7. The fourth-order valence-electron chi connectivity index (χ4n) is 5.77. The molecule has 2 N–H and O–H groups in total. The van der Waals surface area contributed by atoms with Gasteiger partial charge in [0, 0.05) is 6.08 Å². The first-order chi connectivity index (χ1) is 19.7. The summed E-state index contributed by atoms with van der Waals surface area (Å²) in [4.78, 5) is 12.0. The third-order valence-electron chi connectivity index (χ3n) is 8.52. The van der Waals surface area contributed by atoms with Gasteiger partial charge in [-0.3, -0.25) is 0 Å². The molecule has 0 aromatic heterocycles. The maximum atomic E-state index is 13.9. The zero-order valence-corrected chi connectivity index (χ0v) is 26.0. The molecule has 0 aromatic rings. The van der Waals surface area contributed by atoms with Crippen LogP contribution >= 0.6 is 0 Å². The van der Waals surface area contributed by atoms with Crippen LogP contribution in [0.15, 0.2) is 12.7 Å². The van der Waals surface area contributed by atoms with Crippen LogP contribution in [0, 0.1) is 5.92 Å². The number of hydrogen-bond donors (Lipinski definition) is 2. The van der Waals surface area contributed by atoms with Crippen LogP contribution in [0.25, 0.3) is 0 Å². The average Bonchev–Trinajstić information content (AvgIpc) is 2.87. The number of carbonyl (C=O) groups is 1. The van der Waals surface area contributed by atoms with Crippen molar-refractivity contribution in [2.45, 2.75) is 139 Å². The Morgan fingerprint density at radius 1 is 0.622 bits per heavy atom. The number of rotatable bonds is 15. The lowest BCUT2D eigenvalue weighted by Gasteiger charge is -2.57. The summed E-state index contributed by atoms with van der Waals surface area (Å²) in [6.07, 6.45) is -27.4. The molecule has 0 fully saturated rings. The number of esters is 1. The lowest BCUT2D eigenvalue weighted by Crippen LogP contribution is -2.73. The van der Waals surface area contributed by atoms with E-state index in [9.17, 15) is 67.7 Å². The Morgan fingerprint density at radius 3 is 1.04 bits per heavy atom. The minimum atomic E-state index is -6.41. The van der Waals surface area contributed by atoms with Gasteiger partial charge in [0.1, 0.15) is 11.2 Å². The fourth-order valence-corrected chi connectivity index (χ4v) is 5.77. The van der Waals surface area contributed by atoms with Gasteiger partial charge in [0.25, 0.3) is 11.2 Å². The molecule has 0 radical (unpaired) electrons. The zero-order chi connectivity index (χ0) is 36.5. The fraction of sp³-hybridized carbons (Fsp3) is 0.889. The van der Waals surface area contributed by atoms with Gasteiger partial charge in [0.2, 0.25) is 0 Å². The molecule has 18 heteroatoms. The predicted octanol–water partition coefficient (Wildman–Crippen LogP) is 7.75. The van der Waals surface area contributed by atoms with Crippen molar-refractivity contribution in [1.82, 2.24) is 0 Å². The van der Waals surface area contributed by atoms with Gasteiger partial charge in [-0.15, -0.1) is 0 Å². The van der Waals surface area contributed by atoms with Crippen molar-refractivity contribution in [2.75, 3.05) is 6.61 Å². The number of aliphatic hydroxyl groups is 2. The topological polar surface area (TPSA) is 85.2 Å². The van der Waals surface area contributed by atoms with Gasteiger partial charge in [-0.2, -0.15) is 52.7 Å². The molecule has 0 heterocycles. The van der Waals surface area contributed by atoms with E-state index in [1.807, 2.05) is 0 Å². The van der Waals surface area contributed by atoms with Crippen LogP contribution in [0.3, 0.4) is 0 Å². The minimum absolute atomic E-state index is 0.247. The smallest absolute Gasteiger partial charge is 0.429 e. The summed E-state index contributed by atoms with van der Waals surface area (Å²) in [5.74, 6) is -3.15. The first-order valence-electron chi connectivity index (χ1n) is 13.7. The molecule has 0 aliphatic heterocycles. The third kappa shape index (κ3) is 7.53. The van der Waals surface area contributed by atoms with Crippen molar-refractivity contribution in [1.29, 1.82) is 0 Å². The second-order valence-electron chi connectivity index (χ2n) is 11.6. The van der Waals surface area contributed by atoms with E-state index < -0.39 is 102 Å². The molecule has 0 saturated heterocycles. The highest BCUT2D eigenvalue weighted by atomic mass is 19.4. The van der Waals surface area contributed by atoms with Gasteiger partial charge >= 0.3 is 30.7 Å². The zero-order valence-electron chi connectivity index (χ0n) is 26.0. The molecule has 0 aromatic carbocycles. The third-order valence-corrected chi connectivity index (χ3v) is 8.52. The largest absolute Gasteiger partial charge is 0.462 e. The monoisotopic (exact) mass is 688 g/mol. The van der Waals surface area contributed by atoms with Crippen molar-refractivity contribution in [2.24, 2.45) is 5.92 Å². The molecule has 0 saturated carbocycles. The standard InChI is InChI=1S/C27H40F12O6/c1-10-17(40)43-15-16(20(11-2,12-3)44-18(6,7)22(41,24(28,29)30)25(31,32)33)21(13-4,14-5)45-19(8,9)23(42,26(34,35)36)27(37,38)39/h10,16,41-42H,1,11-15H2,2-9H3. The molecule has 6 nitrogen and oxygen atoms in total. The van der Waals surface area contributed by atoms with Crippen LogP contribution in [0.5, 0.6) is 0 Å². The maximum absolute atomic E-state index is 13.9. The molecule has 0 amide bonds. The Balaban J connectivity index is 7.85. The lowest BCUT2D eigenvalue weighted by molar-refractivity contribution is -0.432. The Hall–Kier alpha value is -1.79. The molecule has 0 aliphatic rings. The van der Waals surface area contributed by atoms with Crippen molar-refractivity contribution < 1.29 is 81.9 Å². The SMILES string of the molecule is C=CC(=O)OCC(C(CC)(CC)OC(C)(C)C(O)(C(F)(F)F)C(F)(F)F)C(CC)(CC)OC(C)(C)C(O)(C(F)(F)F)C(F)(F)F. The number of halogens is 12. The molecule has 268 valence electrons. The van der Waals surface area contributed by atoms with E-state index in [0.717, 1.165) is 0 Å². The summed E-state index contributed by atoms with van der Waals surface area (Å²) in [5, 5.41) is 20.4. The van der Waals surface area contributed by atoms with Gasteiger partial charge < -0.3 is 24.4 Å². The lowest BCUT2D eigenvalue weighted by atomic mass is 9.68. The van der Waals surface area contributed by atoms with Crippen molar-refractivity contribution in [3.63, 3.8) is 0 Å². The Labute approximate surface area is 253 Å². The summed E-state index contributed by atoms with van der Waals surface area (Å²) in [6, 6.07) is 0. The highest BCUT2D eigenvalue weighted by Gasteiger charge is 2.80. The van der Waals surface area contributed by atoms with E-state index in [2.05, 4.69) is 6.58 Å². The van der Waals surface area contributed by atoms with E-state index in [1.54, 1.807) is 0 Å². The Bertz CT molecular complexity index is 908. The molecule has 0 spiro atoms. The van der Waals surface area contributed by atoms with E-state index >= 15 is 0 Å². The summed E-state index contributed by atoms with van der Waals surface area (Å²) >= 11 is 0. The molecule has 0 rings (SSSR count). The summed E-state index contributed by atoms with van der Waals surface area (Å²) in [7, 11) is 0. The first kappa shape index (κ1) is 43.2. The van der Waals surface area contributed by atoms with Gasteiger partial charge in [0.05, 0.1) is 23.7 Å². The van der Waals surface area contributed by atoms with E-state index in [-0.39, 0.29) is 27.7 Å². The van der Waals surface area contributed by atoms with E-state index in [1.165, 1.54) is 27.7 Å². The predicted molar refractivity (Wildman–Crippen MR) is 136 cm³/mol. The van der Waals surface area contributed by atoms with Crippen LogP contribution in [0.1, 0.15) is 81.1 Å². The van der Waals surface area contributed by atoms with Crippen LogP contribution < -0.4 is 0 Å². The highest BCUT2D eigenvalue weighted by molar-refractivity contribution is 5.81. The Morgan fingerprint density at radius 2 is 0.867 bits per heavy atom. The van der Waals surface area contributed by atoms with Gasteiger partial charge in [-0.1, -0.05) is 34.3 Å². The van der Waals surface area contributed by atoms with Crippen LogP contribution in [-0.4, -0.2) is 81.1 Å². The molecular weight excluding hydrogens is 648 g/mol. The summed E-state index contributed by atoms with van der Waals surface area (Å²) in [5.41, 5.74) is -23.3. The average molecular weight is 689 g/mol. The number of carbonyl (C=O) groups excluding carboxylic acids is 1. The second-order valence-corrected chi connectivity index (χ2v) is 11.6. The van der Waals surface area contributed by atoms with Crippen molar-refractivity contribution in [3.05, 3.63) is 12.7 Å². The number of ether oxygens (including phenoxy) is 3. The maximum Gasteiger partial charge on any atom is 0.429 e. The molecule has 0 aliphatic carbocycles. The van der Waals surface area contributed by atoms with Crippen molar-refractivity contribution in [3.8, 4) is 0 Å². The quantitative estimate of drug-likeness (QED) is 0.104. The molecule has 45 heavy (non-hydrogen) atoms. The van der Waals surface area contributed by atoms with Crippen molar-refractivity contribution >= 4 is 5.97 Å². The van der Waals surface area contributed by atoms with Crippen LogP contribution in [0.4, 0.5) is 52.7 Å². The van der Waals surface area contributed by atoms with E-state index in [4.69, 9.17) is 14.2 Å². The Kier molecular flexibility index (Phi) is 12.8. The number of alkyl halides is 12. The molecule has 0 atom stereocenters. The second kappa shape index (κ2) is 13.4. The summed E-state index contributed by atoms with van der Waals surface area (Å²) < 4.78 is 183.